The number of aromatic amines is 1. The average molecular weight is 274 g/mol. The third kappa shape index (κ3) is 2.67. The number of halogens is 2. The van der Waals surface area contributed by atoms with Gasteiger partial charge in [-0.1, -0.05) is 35.3 Å². The third-order valence-electron chi connectivity index (χ3n) is 2.32. The Labute approximate surface area is 107 Å². The molecule has 0 radical (unpaired) electrons. The Morgan fingerprint density at radius 1 is 1.12 bits per heavy atom. The second-order valence-electron chi connectivity index (χ2n) is 3.41. The van der Waals surface area contributed by atoms with Gasteiger partial charge in [0, 0.05) is 10.6 Å². The highest BCUT2D eigenvalue weighted by atomic mass is 35.5. The van der Waals surface area contributed by atoms with Crippen LogP contribution in [0.1, 0.15) is 11.1 Å². The summed E-state index contributed by atoms with van der Waals surface area (Å²) < 4.78 is 3.17. The highest BCUT2D eigenvalue weighted by Crippen LogP contribution is 2.18. The minimum Gasteiger partial charge on any atom is -0.276 e. The highest BCUT2D eigenvalue weighted by Gasteiger charge is 2.08. The number of aryl methyl sites for hydroxylation is 1. The lowest BCUT2D eigenvalue weighted by Crippen LogP contribution is -2.06. The summed E-state index contributed by atoms with van der Waals surface area (Å²) in [5, 5.41) is 0.718. The molecule has 0 saturated heterocycles. The number of H-pyrrole nitrogens is 1. The van der Waals surface area contributed by atoms with Crippen molar-refractivity contribution in [3.63, 3.8) is 0 Å². The molecule has 0 bridgehead atoms. The van der Waals surface area contributed by atoms with Gasteiger partial charge in [-0.25, -0.2) is 0 Å². The van der Waals surface area contributed by atoms with E-state index in [1.165, 1.54) is 11.5 Å². The lowest BCUT2D eigenvalue weighted by atomic mass is 10.1. The zero-order valence-electron chi connectivity index (χ0n) is 8.30. The van der Waals surface area contributed by atoms with E-state index in [1.807, 2.05) is 24.3 Å². The van der Waals surface area contributed by atoms with Crippen LogP contribution >= 0.6 is 34.7 Å². The molecule has 0 spiro atoms. The van der Waals surface area contributed by atoms with Crippen LogP contribution in [0.4, 0.5) is 0 Å². The molecule has 84 valence electrons. The van der Waals surface area contributed by atoms with Gasteiger partial charge < -0.3 is 0 Å². The van der Waals surface area contributed by atoms with Crippen LogP contribution in [0.5, 0.6) is 0 Å². The third-order valence-corrected chi connectivity index (χ3v) is 3.75. The van der Waals surface area contributed by atoms with Gasteiger partial charge in [0.25, 0.3) is 5.56 Å². The number of nitrogens with one attached hydrogen (secondary N) is 1. The van der Waals surface area contributed by atoms with Crippen molar-refractivity contribution in [2.45, 2.75) is 12.8 Å². The molecule has 2 rings (SSSR count). The van der Waals surface area contributed by atoms with Gasteiger partial charge in [0.1, 0.15) is 4.34 Å². The van der Waals surface area contributed by atoms with Crippen molar-refractivity contribution in [2.24, 2.45) is 0 Å². The summed E-state index contributed by atoms with van der Waals surface area (Å²) in [5.74, 6) is 0. The summed E-state index contributed by atoms with van der Waals surface area (Å²) in [6, 6.07) is 7.60. The second-order valence-corrected chi connectivity index (χ2v) is 5.27. The molecule has 0 aliphatic carbocycles. The second kappa shape index (κ2) is 5.04. The first-order valence-corrected chi connectivity index (χ1v) is 6.34. The fourth-order valence-electron chi connectivity index (χ4n) is 1.44. The van der Waals surface area contributed by atoms with Crippen molar-refractivity contribution < 1.29 is 0 Å². The fraction of sp³-hybridized carbons (Fsp3) is 0.182. The van der Waals surface area contributed by atoms with Crippen LogP contribution in [-0.4, -0.2) is 4.37 Å². The van der Waals surface area contributed by atoms with Gasteiger partial charge in [-0.3, -0.25) is 9.17 Å². The summed E-state index contributed by atoms with van der Waals surface area (Å²) in [6.07, 6.45) is 1.44. The maximum Gasteiger partial charge on any atom is 0.262 e. The summed E-state index contributed by atoms with van der Waals surface area (Å²) in [4.78, 5) is 11.4. The molecule has 2 nitrogen and oxygen atoms in total. The van der Waals surface area contributed by atoms with E-state index in [4.69, 9.17) is 23.2 Å². The van der Waals surface area contributed by atoms with Crippen LogP contribution < -0.4 is 5.56 Å². The van der Waals surface area contributed by atoms with E-state index >= 15 is 0 Å². The van der Waals surface area contributed by atoms with Gasteiger partial charge in [0.05, 0.1) is 0 Å². The van der Waals surface area contributed by atoms with Gasteiger partial charge in [0.15, 0.2) is 0 Å². The Morgan fingerprint density at radius 2 is 1.81 bits per heavy atom. The first kappa shape index (κ1) is 11.7. The van der Waals surface area contributed by atoms with Crippen LogP contribution in [0, 0.1) is 0 Å². The predicted molar refractivity (Wildman–Crippen MR) is 68.8 cm³/mol. The summed E-state index contributed by atoms with van der Waals surface area (Å²) in [5.41, 5.74) is 1.73. The van der Waals surface area contributed by atoms with E-state index in [1.54, 1.807) is 0 Å². The Hall–Kier alpha value is -0.770. The molecular formula is C11H9Cl2NOS. The van der Waals surface area contributed by atoms with E-state index in [2.05, 4.69) is 4.37 Å². The molecule has 0 fully saturated rings. The molecule has 1 aromatic carbocycles. The molecule has 0 saturated carbocycles. The summed E-state index contributed by atoms with van der Waals surface area (Å²) in [6.45, 7) is 0. The SMILES string of the molecule is O=c1[nH]sc(Cl)c1CCc1ccc(Cl)cc1. The van der Waals surface area contributed by atoms with Gasteiger partial charge >= 0.3 is 0 Å². The maximum absolute atomic E-state index is 11.4. The molecule has 5 heteroatoms. The van der Waals surface area contributed by atoms with Crippen LogP contribution in [0.3, 0.4) is 0 Å². The van der Waals surface area contributed by atoms with E-state index in [0.717, 1.165) is 17.0 Å². The first-order chi connectivity index (χ1) is 7.66. The van der Waals surface area contributed by atoms with E-state index in [0.29, 0.717) is 16.3 Å². The number of hydrogen-bond acceptors (Lipinski definition) is 2. The van der Waals surface area contributed by atoms with Crippen molar-refractivity contribution in [3.8, 4) is 0 Å². The van der Waals surface area contributed by atoms with Crippen LogP contribution in [0.2, 0.25) is 9.36 Å². The molecule has 0 unspecified atom stereocenters. The smallest absolute Gasteiger partial charge is 0.262 e. The van der Waals surface area contributed by atoms with Crippen molar-refractivity contribution in [2.75, 3.05) is 0 Å². The number of aromatic nitrogens is 1. The van der Waals surface area contributed by atoms with E-state index < -0.39 is 0 Å². The van der Waals surface area contributed by atoms with Crippen molar-refractivity contribution in [1.82, 2.24) is 4.37 Å². The van der Waals surface area contributed by atoms with Gasteiger partial charge in [-0.2, -0.15) is 0 Å². The maximum atomic E-state index is 11.4. The molecule has 2 aromatic rings. The average Bonchev–Trinajstić information content (AvgIpc) is 2.59. The van der Waals surface area contributed by atoms with Crippen LogP contribution in [-0.2, 0) is 12.8 Å². The standard InChI is InChI=1S/C11H9Cl2NOS/c12-8-4-1-7(2-5-8)3-6-9-10(13)16-14-11(9)15/h1-2,4-5H,3,6H2,(H,14,15). The Balaban J connectivity index is 2.08. The van der Waals surface area contributed by atoms with Crippen molar-refractivity contribution in [3.05, 3.63) is 55.1 Å². The molecule has 1 aromatic heterocycles. The van der Waals surface area contributed by atoms with E-state index in [-0.39, 0.29) is 5.56 Å². The minimum absolute atomic E-state index is 0.0797. The topological polar surface area (TPSA) is 32.9 Å². The normalized spacial score (nSPS) is 10.6. The predicted octanol–water partition coefficient (Wildman–Crippen LogP) is 3.53. The van der Waals surface area contributed by atoms with Crippen molar-refractivity contribution >= 4 is 34.7 Å². The minimum atomic E-state index is -0.0797. The van der Waals surface area contributed by atoms with Crippen molar-refractivity contribution in [1.29, 1.82) is 0 Å². The largest absolute Gasteiger partial charge is 0.276 e. The van der Waals surface area contributed by atoms with Gasteiger partial charge in [0.2, 0.25) is 0 Å². The number of hydrogen-bond donors (Lipinski definition) is 1. The summed E-state index contributed by atoms with van der Waals surface area (Å²) >= 11 is 12.9. The molecule has 1 heterocycles. The fourth-order valence-corrected chi connectivity index (χ4v) is 2.48. The zero-order valence-corrected chi connectivity index (χ0v) is 10.6. The molecular weight excluding hydrogens is 265 g/mol. The molecule has 0 aliphatic rings. The molecule has 0 amide bonds. The van der Waals surface area contributed by atoms with Gasteiger partial charge in [-0.05, 0) is 42.1 Å². The monoisotopic (exact) mass is 273 g/mol. The summed E-state index contributed by atoms with van der Waals surface area (Å²) in [7, 11) is 0. The number of rotatable bonds is 3. The zero-order chi connectivity index (χ0) is 11.5. The molecule has 16 heavy (non-hydrogen) atoms. The number of benzene rings is 1. The lowest BCUT2D eigenvalue weighted by Gasteiger charge is -1.99. The highest BCUT2D eigenvalue weighted by molar-refractivity contribution is 7.10. The van der Waals surface area contributed by atoms with Crippen LogP contribution in [0.15, 0.2) is 29.1 Å². The Kier molecular flexibility index (Phi) is 3.69. The molecule has 0 atom stereocenters. The Morgan fingerprint density at radius 3 is 2.38 bits per heavy atom. The first-order valence-electron chi connectivity index (χ1n) is 4.77. The van der Waals surface area contributed by atoms with Crippen LogP contribution in [0.25, 0.3) is 0 Å². The molecule has 0 aliphatic heterocycles. The Bertz CT molecular complexity index is 530. The molecule has 1 N–H and O–H groups in total. The lowest BCUT2D eigenvalue weighted by molar-refractivity contribution is 0.951. The quantitative estimate of drug-likeness (QED) is 0.912. The van der Waals surface area contributed by atoms with E-state index in [9.17, 15) is 4.79 Å². The van der Waals surface area contributed by atoms with Gasteiger partial charge in [-0.15, -0.1) is 0 Å².